The summed E-state index contributed by atoms with van der Waals surface area (Å²) in [6.07, 6.45) is 2.16. The Labute approximate surface area is 187 Å². The van der Waals surface area contributed by atoms with Crippen LogP contribution >= 0.6 is 0 Å². The van der Waals surface area contributed by atoms with Gasteiger partial charge in [-0.15, -0.1) is 0 Å². The molecule has 3 N–H and O–H groups in total. The summed E-state index contributed by atoms with van der Waals surface area (Å²) in [5.41, 5.74) is 4.65. The highest BCUT2D eigenvalue weighted by Crippen LogP contribution is 2.44. The molecule has 0 heterocycles. The highest BCUT2D eigenvalue weighted by Gasteiger charge is 2.35. The Balaban J connectivity index is 1.31. The number of benzene rings is 2. The molecule has 2 aromatic carbocycles. The molecule has 32 heavy (non-hydrogen) atoms. The van der Waals surface area contributed by atoms with Gasteiger partial charge in [-0.25, -0.2) is 4.79 Å². The van der Waals surface area contributed by atoms with Crippen LogP contribution in [0.4, 0.5) is 4.79 Å². The molecule has 2 aliphatic rings. The maximum Gasteiger partial charge on any atom is 0.407 e. The predicted octanol–water partition coefficient (Wildman–Crippen LogP) is 3.67. The smallest absolute Gasteiger partial charge is 0.407 e. The predicted molar refractivity (Wildman–Crippen MR) is 119 cm³/mol. The summed E-state index contributed by atoms with van der Waals surface area (Å²) in [6, 6.07) is 16.1. The second kappa shape index (κ2) is 9.85. The Morgan fingerprint density at radius 3 is 2.28 bits per heavy atom. The number of hydrogen-bond donors (Lipinski definition) is 3. The van der Waals surface area contributed by atoms with E-state index in [4.69, 9.17) is 9.84 Å². The van der Waals surface area contributed by atoms with Crippen LogP contribution in [0, 0.1) is 5.92 Å². The van der Waals surface area contributed by atoms with Crippen molar-refractivity contribution in [1.82, 2.24) is 10.6 Å². The molecular weight excluding hydrogens is 408 g/mol. The Hall–Kier alpha value is -3.35. The first-order chi connectivity index (χ1) is 15.5. The number of nitrogens with one attached hydrogen (secondary N) is 2. The number of aliphatic carboxylic acids is 1. The average molecular weight is 437 g/mol. The molecule has 0 aliphatic heterocycles. The molecule has 168 valence electrons. The van der Waals surface area contributed by atoms with Crippen LogP contribution in [-0.4, -0.2) is 42.3 Å². The number of carbonyl (C=O) groups is 3. The van der Waals surface area contributed by atoms with Crippen molar-refractivity contribution in [2.45, 2.75) is 44.1 Å². The van der Waals surface area contributed by atoms with Crippen LogP contribution in [0.15, 0.2) is 48.5 Å². The van der Waals surface area contributed by atoms with Crippen molar-refractivity contribution in [2.75, 3.05) is 13.2 Å². The zero-order valence-electron chi connectivity index (χ0n) is 17.9. The zero-order chi connectivity index (χ0) is 22.5. The summed E-state index contributed by atoms with van der Waals surface area (Å²) >= 11 is 0. The minimum atomic E-state index is -0.880. The second-order valence-corrected chi connectivity index (χ2v) is 8.40. The molecule has 7 heteroatoms. The normalized spacial score (nSPS) is 19.1. The van der Waals surface area contributed by atoms with Gasteiger partial charge >= 0.3 is 12.1 Å². The SMILES string of the molecule is O=C(O)CCCNC(=O)[C@@H]1CCC[C@@H]1NC(=O)OCC1c2ccccc2-c2ccccc21. The van der Waals surface area contributed by atoms with Gasteiger partial charge in [0.1, 0.15) is 6.61 Å². The van der Waals surface area contributed by atoms with Crippen LogP contribution in [0.25, 0.3) is 11.1 Å². The molecule has 1 fully saturated rings. The maximum absolute atomic E-state index is 12.6. The van der Waals surface area contributed by atoms with Gasteiger partial charge < -0.3 is 20.5 Å². The van der Waals surface area contributed by atoms with Gasteiger partial charge in [0.15, 0.2) is 0 Å². The summed E-state index contributed by atoms with van der Waals surface area (Å²) in [5.74, 6) is -1.35. The van der Waals surface area contributed by atoms with Crippen LogP contribution in [-0.2, 0) is 14.3 Å². The molecule has 2 amide bonds. The minimum absolute atomic E-state index is 0.00920. The first-order valence-electron chi connectivity index (χ1n) is 11.2. The number of carbonyl (C=O) groups excluding carboxylic acids is 2. The van der Waals surface area contributed by atoms with Crippen LogP contribution in [0.5, 0.6) is 0 Å². The topological polar surface area (TPSA) is 105 Å². The lowest BCUT2D eigenvalue weighted by Gasteiger charge is -2.21. The number of rotatable bonds is 8. The first kappa shape index (κ1) is 21.9. The zero-order valence-corrected chi connectivity index (χ0v) is 17.9. The Kier molecular flexibility index (Phi) is 6.73. The Morgan fingerprint density at radius 1 is 0.969 bits per heavy atom. The third-order valence-electron chi connectivity index (χ3n) is 6.37. The van der Waals surface area contributed by atoms with E-state index in [1.165, 1.54) is 11.1 Å². The van der Waals surface area contributed by atoms with Gasteiger partial charge in [-0.2, -0.15) is 0 Å². The fourth-order valence-corrected chi connectivity index (χ4v) is 4.82. The van der Waals surface area contributed by atoms with Crippen molar-refractivity contribution in [3.8, 4) is 11.1 Å². The van der Waals surface area contributed by atoms with Crippen LogP contribution in [0.1, 0.15) is 49.1 Å². The second-order valence-electron chi connectivity index (χ2n) is 8.40. The summed E-state index contributed by atoms with van der Waals surface area (Å²) in [4.78, 5) is 35.6. The monoisotopic (exact) mass is 436 g/mol. The lowest BCUT2D eigenvalue weighted by Crippen LogP contribution is -2.44. The lowest BCUT2D eigenvalue weighted by molar-refractivity contribution is -0.137. The van der Waals surface area contributed by atoms with Gasteiger partial charge in [-0.1, -0.05) is 55.0 Å². The maximum atomic E-state index is 12.6. The van der Waals surface area contributed by atoms with Crippen LogP contribution in [0.2, 0.25) is 0 Å². The van der Waals surface area contributed by atoms with Gasteiger partial charge in [0.25, 0.3) is 0 Å². The van der Waals surface area contributed by atoms with Crippen molar-refractivity contribution in [1.29, 1.82) is 0 Å². The fraction of sp³-hybridized carbons (Fsp3) is 0.400. The Bertz CT molecular complexity index is 960. The van der Waals surface area contributed by atoms with Gasteiger partial charge in [0.05, 0.1) is 5.92 Å². The number of alkyl carbamates (subject to hydrolysis) is 1. The highest BCUT2D eigenvalue weighted by atomic mass is 16.5. The molecule has 4 rings (SSSR count). The van der Waals surface area contributed by atoms with E-state index < -0.39 is 12.1 Å². The van der Waals surface area contributed by atoms with Crippen molar-refractivity contribution >= 4 is 18.0 Å². The van der Waals surface area contributed by atoms with Crippen molar-refractivity contribution in [2.24, 2.45) is 5.92 Å². The van der Waals surface area contributed by atoms with Gasteiger partial charge in [0, 0.05) is 24.9 Å². The van der Waals surface area contributed by atoms with E-state index in [0.29, 0.717) is 19.4 Å². The summed E-state index contributed by atoms with van der Waals surface area (Å²) in [7, 11) is 0. The van der Waals surface area contributed by atoms with Gasteiger partial charge in [-0.3, -0.25) is 9.59 Å². The molecule has 0 aromatic heterocycles. The Morgan fingerprint density at radius 2 is 1.62 bits per heavy atom. The van der Waals surface area contributed by atoms with Crippen LogP contribution in [0.3, 0.4) is 0 Å². The first-order valence-corrected chi connectivity index (χ1v) is 11.2. The number of carboxylic acids is 1. The molecule has 1 saturated carbocycles. The summed E-state index contributed by atoms with van der Waals surface area (Å²) in [6.45, 7) is 0.554. The molecule has 2 aromatic rings. The number of carboxylic acid groups (broad SMARTS) is 1. The van der Waals surface area contributed by atoms with Gasteiger partial charge in [-0.05, 0) is 41.5 Å². The van der Waals surface area contributed by atoms with E-state index in [0.717, 1.165) is 24.0 Å². The molecule has 0 saturated heterocycles. The molecule has 0 bridgehead atoms. The van der Waals surface area contributed by atoms with E-state index >= 15 is 0 Å². The molecule has 0 unspecified atom stereocenters. The molecular formula is C25H28N2O5. The lowest BCUT2D eigenvalue weighted by atomic mass is 9.98. The van der Waals surface area contributed by atoms with E-state index in [1.54, 1.807) is 0 Å². The number of hydrogen-bond acceptors (Lipinski definition) is 4. The van der Waals surface area contributed by atoms with E-state index in [9.17, 15) is 14.4 Å². The third-order valence-corrected chi connectivity index (χ3v) is 6.37. The molecule has 2 aliphatic carbocycles. The molecule has 0 radical (unpaired) electrons. The van der Waals surface area contributed by atoms with E-state index in [1.807, 2.05) is 24.3 Å². The summed E-state index contributed by atoms with van der Waals surface area (Å²) in [5, 5.41) is 14.4. The highest BCUT2D eigenvalue weighted by molar-refractivity contribution is 5.81. The van der Waals surface area contributed by atoms with Crippen molar-refractivity contribution < 1.29 is 24.2 Å². The molecule has 7 nitrogen and oxygen atoms in total. The third kappa shape index (κ3) is 4.77. The average Bonchev–Trinajstić information content (AvgIpc) is 3.37. The minimum Gasteiger partial charge on any atom is -0.481 e. The van der Waals surface area contributed by atoms with E-state index in [-0.39, 0.29) is 36.8 Å². The number of ether oxygens (including phenoxy) is 1. The number of fused-ring (bicyclic) bond motifs is 3. The molecule has 2 atom stereocenters. The summed E-state index contributed by atoms with van der Waals surface area (Å²) < 4.78 is 5.61. The van der Waals surface area contributed by atoms with E-state index in [2.05, 4.69) is 34.9 Å². The van der Waals surface area contributed by atoms with Crippen molar-refractivity contribution in [3.05, 3.63) is 59.7 Å². The standard InChI is InChI=1S/C25H28N2O5/c28-23(29)13-6-14-26-24(30)20-11-5-12-22(20)27-25(31)32-15-21-18-9-3-1-7-16(18)17-8-2-4-10-19(17)21/h1-4,7-10,20-22H,5-6,11-15H2,(H,26,30)(H,27,31)(H,28,29)/t20-,22+/m1/s1. The van der Waals surface area contributed by atoms with Gasteiger partial charge in [0.2, 0.25) is 5.91 Å². The van der Waals surface area contributed by atoms with Crippen LogP contribution < -0.4 is 10.6 Å². The number of amides is 2. The molecule has 0 spiro atoms. The quantitative estimate of drug-likeness (QED) is 0.548. The van der Waals surface area contributed by atoms with Crippen molar-refractivity contribution in [3.63, 3.8) is 0 Å². The largest absolute Gasteiger partial charge is 0.481 e. The fourth-order valence-electron chi connectivity index (χ4n) is 4.82.